The van der Waals surface area contributed by atoms with E-state index in [2.05, 4.69) is 5.32 Å². The van der Waals surface area contributed by atoms with Crippen molar-refractivity contribution >= 4 is 0 Å². The van der Waals surface area contributed by atoms with Gasteiger partial charge in [0.15, 0.2) is 11.5 Å². The second kappa shape index (κ2) is 6.32. The van der Waals surface area contributed by atoms with Crippen LogP contribution in [0.3, 0.4) is 0 Å². The van der Waals surface area contributed by atoms with E-state index in [4.69, 9.17) is 9.84 Å². The van der Waals surface area contributed by atoms with Gasteiger partial charge < -0.3 is 25.4 Å². The van der Waals surface area contributed by atoms with Crippen LogP contribution in [0.25, 0.3) is 0 Å². The summed E-state index contributed by atoms with van der Waals surface area (Å²) in [5, 5.41) is 31.1. The van der Waals surface area contributed by atoms with Crippen LogP contribution in [0.15, 0.2) is 12.1 Å². The van der Waals surface area contributed by atoms with E-state index in [0.29, 0.717) is 25.3 Å². The lowest BCUT2D eigenvalue weighted by atomic mass is 10.1. The molecule has 96 valence electrons. The first-order valence-electron chi connectivity index (χ1n) is 5.61. The largest absolute Gasteiger partial charge is 0.504 e. The maximum Gasteiger partial charge on any atom is 0.200 e. The Kier molecular flexibility index (Phi) is 5.06. The minimum Gasteiger partial charge on any atom is -0.504 e. The van der Waals surface area contributed by atoms with Gasteiger partial charge in [0.05, 0.1) is 6.10 Å². The third kappa shape index (κ3) is 3.80. The maximum atomic E-state index is 9.57. The van der Waals surface area contributed by atoms with Gasteiger partial charge in [-0.25, -0.2) is 0 Å². The summed E-state index contributed by atoms with van der Waals surface area (Å²) in [6.07, 6.45) is 0.0906. The average molecular weight is 241 g/mol. The first-order valence-corrected chi connectivity index (χ1v) is 5.61. The number of rotatable bonds is 6. The third-order valence-corrected chi connectivity index (χ3v) is 2.41. The van der Waals surface area contributed by atoms with Crippen LogP contribution in [-0.2, 0) is 11.3 Å². The molecule has 0 fully saturated rings. The topological polar surface area (TPSA) is 82.0 Å². The molecular weight excluding hydrogens is 222 g/mol. The van der Waals surface area contributed by atoms with E-state index < -0.39 is 5.75 Å². The zero-order valence-corrected chi connectivity index (χ0v) is 10.1. The summed E-state index contributed by atoms with van der Waals surface area (Å²) >= 11 is 0. The highest BCUT2D eigenvalue weighted by Crippen LogP contribution is 2.36. The van der Waals surface area contributed by atoms with Gasteiger partial charge in [-0.3, -0.25) is 0 Å². The normalized spacial score (nSPS) is 12.6. The van der Waals surface area contributed by atoms with Crippen LogP contribution in [0.5, 0.6) is 17.2 Å². The molecule has 0 amide bonds. The lowest BCUT2D eigenvalue weighted by Gasteiger charge is -2.13. The smallest absolute Gasteiger partial charge is 0.200 e. The maximum absolute atomic E-state index is 9.57. The average Bonchev–Trinajstić information content (AvgIpc) is 2.29. The van der Waals surface area contributed by atoms with Gasteiger partial charge >= 0.3 is 0 Å². The zero-order chi connectivity index (χ0) is 12.8. The highest BCUT2D eigenvalue weighted by Gasteiger charge is 2.10. The molecular formula is C12H19NO4. The van der Waals surface area contributed by atoms with Gasteiger partial charge in [-0.15, -0.1) is 0 Å². The van der Waals surface area contributed by atoms with Crippen molar-refractivity contribution in [3.05, 3.63) is 17.7 Å². The fourth-order valence-corrected chi connectivity index (χ4v) is 1.51. The van der Waals surface area contributed by atoms with Gasteiger partial charge in [-0.2, -0.15) is 0 Å². The molecule has 0 saturated carbocycles. The minimum absolute atomic E-state index is 0.0906. The van der Waals surface area contributed by atoms with E-state index in [1.807, 2.05) is 13.8 Å². The van der Waals surface area contributed by atoms with Crippen molar-refractivity contribution in [3.63, 3.8) is 0 Å². The Labute approximate surface area is 101 Å². The van der Waals surface area contributed by atoms with Crippen molar-refractivity contribution in [3.8, 4) is 17.2 Å². The van der Waals surface area contributed by atoms with Crippen LogP contribution in [0.4, 0.5) is 0 Å². The molecule has 0 spiro atoms. The fourth-order valence-electron chi connectivity index (χ4n) is 1.51. The number of phenolic OH excluding ortho intramolecular Hbond substituents is 3. The molecule has 1 aromatic rings. The molecule has 17 heavy (non-hydrogen) atoms. The minimum atomic E-state index is -0.484. The summed E-state index contributed by atoms with van der Waals surface area (Å²) in [6, 6.07) is 2.90. The highest BCUT2D eigenvalue weighted by atomic mass is 16.5. The van der Waals surface area contributed by atoms with Crippen molar-refractivity contribution in [2.75, 3.05) is 13.2 Å². The first kappa shape index (κ1) is 13.6. The summed E-state index contributed by atoms with van der Waals surface area (Å²) in [6.45, 7) is 5.59. The van der Waals surface area contributed by atoms with Crippen molar-refractivity contribution in [2.45, 2.75) is 26.5 Å². The van der Waals surface area contributed by atoms with Crippen molar-refractivity contribution in [1.82, 2.24) is 5.32 Å². The summed E-state index contributed by atoms with van der Waals surface area (Å²) in [4.78, 5) is 0. The van der Waals surface area contributed by atoms with E-state index in [9.17, 15) is 10.2 Å². The van der Waals surface area contributed by atoms with Crippen LogP contribution < -0.4 is 5.32 Å². The molecule has 0 heterocycles. The first-order chi connectivity index (χ1) is 8.06. The number of aromatic hydroxyl groups is 3. The van der Waals surface area contributed by atoms with Gasteiger partial charge in [0.1, 0.15) is 0 Å². The van der Waals surface area contributed by atoms with Crippen LogP contribution in [0, 0.1) is 0 Å². The van der Waals surface area contributed by atoms with Crippen molar-refractivity contribution in [2.24, 2.45) is 0 Å². The Morgan fingerprint density at radius 3 is 2.59 bits per heavy atom. The van der Waals surface area contributed by atoms with E-state index in [-0.39, 0.29) is 17.6 Å². The number of hydrogen-bond acceptors (Lipinski definition) is 5. The molecule has 0 radical (unpaired) electrons. The van der Waals surface area contributed by atoms with E-state index >= 15 is 0 Å². The Morgan fingerprint density at radius 1 is 1.24 bits per heavy atom. The quantitative estimate of drug-likeness (QED) is 0.565. The molecule has 1 atom stereocenters. The van der Waals surface area contributed by atoms with Crippen LogP contribution in [-0.4, -0.2) is 34.6 Å². The summed E-state index contributed by atoms with van der Waals surface area (Å²) in [5.74, 6) is -1.10. The highest BCUT2D eigenvalue weighted by molar-refractivity contribution is 5.52. The Morgan fingerprint density at radius 2 is 1.94 bits per heavy atom. The summed E-state index contributed by atoms with van der Waals surface area (Å²) < 4.78 is 5.34. The van der Waals surface area contributed by atoms with Gasteiger partial charge in [0.2, 0.25) is 5.75 Å². The number of hydrogen-bond donors (Lipinski definition) is 4. The SMILES string of the molecule is CCOC(C)CNCc1ccc(O)c(O)c1O. The van der Waals surface area contributed by atoms with Gasteiger partial charge in [0.25, 0.3) is 0 Å². The molecule has 0 bridgehead atoms. The Hall–Kier alpha value is -1.46. The number of ether oxygens (including phenoxy) is 1. The predicted molar refractivity (Wildman–Crippen MR) is 64.2 cm³/mol. The molecule has 1 aromatic carbocycles. The Balaban J connectivity index is 2.50. The molecule has 1 rings (SSSR count). The third-order valence-electron chi connectivity index (χ3n) is 2.41. The van der Waals surface area contributed by atoms with Crippen LogP contribution in [0.1, 0.15) is 19.4 Å². The molecule has 0 aliphatic heterocycles. The van der Waals surface area contributed by atoms with Crippen molar-refractivity contribution < 1.29 is 20.1 Å². The van der Waals surface area contributed by atoms with Gasteiger partial charge in [0, 0.05) is 25.3 Å². The van der Waals surface area contributed by atoms with Gasteiger partial charge in [-0.05, 0) is 19.9 Å². The fraction of sp³-hybridized carbons (Fsp3) is 0.500. The molecule has 5 heteroatoms. The number of benzene rings is 1. The molecule has 0 aliphatic carbocycles. The van der Waals surface area contributed by atoms with Crippen LogP contribution >= 0.6 is 0 Å². The van der Waals surface area contributed by atoms with E-state index in [1.54, 1.807) is 6.07 Å². The predicted octanol–water partition coefficient (Wildman–Crippen LogP) is 1.32. The van der Waals surface area contributed by atoms with E-state index in [1.165, 1.54) is 6.07 Å². The molecule has 4 N–H and O–H groups in total. The molecule has 0 aliphatic rings. The molecule has 0 aromatic heterocycles. The number of phenols is 3. The zero-order valence-electron chi connectivity index (χ0n) is 10.1. The molecule has 5 nitrogen and oxygen atoms in total. The summed E-state index contributed by atoms with van der Waals surface area (Å²) in [7, 11) is 0. The van der Waals surface area contributed by atoms with Crippen LogP contribution in [0.2, 0.25) is 0 Å². The molecule has 0 saturated heterocycles. The lowest BCUT2D eigenvalue weighted by molar-refractivity contribution is 0.0759. The monoisotopic (exact) mass is 241 g/mol. The second-order valence-corrected chi connectivity index (χ2v) is 3.84. The van der Waals surface area contributed by atoms with E-state index in [0.717, 1.165) is 0 Å². The lowest BCUT2D eigenvalue weighted by Crippen LogP contribution is -2.26. The number of nitrogens with one attached hydrogen (secondary N) is 1. The summed E-state index contributed by atoms with van der Waals surface area (Å²) in [5.41, 5.74) is 0.531. The second-order valence-electron chi connectivity index (χ2n) is 3.84. The Bertz CT molecular complexity index is 368. The van der Waals surface area contributed by atoms with Gasteiger partial charge in [-0.1, -0.05) is 6.07 Å². The standard InChI is InChI=1S/C12H19NO4/c1-3-17-8(2)6-13-7-9-4-5-10(14)12(16)11(9)15/h4-5,8,13-16H,3,6-7H2,1-2H3. The van der Waals surface area contributed by atoms with Crippen molar-refractivity contribution in [1.29, 1.82) is 0 Å². The molecule has 1 unspecified atom stereocenters.